The second-order valence-electron chi connectivity index (χ2n) is 6.85. The highest BCUT2D eigenvalue weighted by atomic mass is 19.4. The van der Waals surface area contributed by atoms with E-state index in [4.69, 9.17) is 4.74 Å². The number of benzene rings is 2. The summed E-state index contributed by atoms with van der Waals surface area (Å²) in [6.07, 6.45) is -6.62. The van der Waals surface area contributed by atoms with Crippen molar-refractivity contribution >= 4 is 35.1 Å². The highest BCUT2D eigenvalue weighted by molar-refractivity contribution is 6.22. The average molecular weight is 465 g/mol. The van der Waals surface area contributed by atoms with E-state index in [-0.39, 0.29) is 17.2 Å². The first-order valence-corrected chi connectivity index (χ1v) is 9.21. The van der Waals surface area contributed by atoms with E-state index in [1.165, 1.54) is 24.3 Å². The summed E-state index contributed by atoms with van der Waals surface area (Å²) in [6, 6.07) is 7.60. The van der Waals surface area contributed by atoms with Crippen molar-refractivity contribution in [2.75, 3.05) is 11.9 Å². The lowest BCUT2D eigenvalue weighted by atomic mass is 10.1. The van der Waals surface area contributed by atoms with Crippen molar-refractivity contribution in [1.82, 2.24) is 4.90 Å². The molecule has 1 aliphatic rings. The van der Waals surface area contributed by atoms with Crippen molar-refractivity contribution in [3.63, 3.8) is 0 Å². The van der Waals surface area contributed by atoms with Crippen LogP contribution in [0.25, 0.3) is 0 Å². The van der Waals surface area contributed by atoms with E-state index in [1.807, 2.05) is 5.32 Å². The summed E-state index contributed by atoms with van der Waals surface area (Å²) in [7, 11) is 0. The summed E-state index contributed by atoms with van der Waals surface area (Å²) >= 11 is 0. The highest BCUT2D eigenvalue weighted by Crippen LogP contribution is 2.37. The lowest BCUT2D eigenvalue weighted by molar-refractivity contribution is -0.385. The van der Waals surface area contributed by atoms with Crippen LogP contribution in [0.1, 0.15) is 33.2 Å². The zero-order valence-electron chi connectivity index (χ0n) is 16.7. The van der Waals surface area contributed by atoms with Crippen LogP contribution in [0.5, 0.6) is 0 Å². The van der Waals surface area contributed by atoms with Gasteiger partial charge in [-0.05, 0) is 25.1 Å². The van der Waals surface area contributed by atoms with Crippen LogP contribution in [0.2, 0.25) is 0 Å². The van der Waals surface area contributed by atoms with Crippen molar-refractivity contribution in [3.05, 3.63) is 69.3 Å². The van der Waals surface area contributed by atoms with Gasteiger partial charge >= 0.3 is 12.1 Å². The van der Waals surface area contributed by atoms with Gasteiger partial charge in [-0.15, -0.1) is 0 Å². The van der Waals surface area contributed by atoms with Gasteiger partial charge in [-0.2, -0.15) is 13.2 Å². The van der Waals surface area contributed by atoms with Gasteiger partial charge in [-0.1, -0.05) is 12.1 Å². The maximum Gasteiger partial charge on any atom is 0.418 e. The highest BCUT2D eigenvalue weighted by Gasteiger charge is 2.38. The summed E-state index contributed by atoms with van der Waals surface area (Å²) in [6.45, 7) is 0.254. The first-order chi connectivity index (χ1) is 15.4. The molecule has 0 saturated carbocycles. The summed E-state index contributed by atoms with van der Waals surface area (Å²) in [4.78, 5) is 59.3. The lowest BCUT2D eigenvalue weighted by Crippen LogP contribution is -2.38. The maximum atomic E-state index is 13.2. The molecule has 0 spiro atoms. The van der Waals surface area contributed by atoms with Crippen molar-refractivity contribution < 1.29 is 42.0 Å². The van der Waals surface area contributed by atoms with E-state index >= 15 is 0 Å². The van der Waals surface area contributed by atoms with Gasteiger partial charge in [-0.3, -0.25) is 34.2 Å². The lowest BCUT2D eigenvalue weighted by Gasteiger charge is -2.18. The number of nitrogens with zero attached hydrogens (tertiary/aromatic N) is 2. The van der Waals surface area contributed by atoms with E-state index < -0.39 is 64.4 Å². The van der Waals surface area contributed by atoms with E-state index in [0.717, 1.165) is 13.0 Å². The van der Waals surface area contributed by atoms with Crippen LogP contribution in [0.15, 0.2) is 42.5 Å². The number of nitrogens with one attached hydrogen (secondary N) is 1. The third-order valence-corrected chi connectivity index (χ3v) is 4.62. The van der Waals surface area contributed by atoms with Crippen molar-refractivity contribution in [3.8, 4) is 0 Å². The number of ether oxygens (including phenoxy) is 1. The Kier molecular flexibility index (Phi) is 6.15. The number of carbonyl (C=O) groups excluding carboxylic acids is 4. The Hall–Kier alpha value is -4.29. The molecule has 33 heavy (non-hydrogen) atoms. The number of carbonyl (C=O) groups is 4. The number of rotatable bonds is 6. The maximum absolute atomic E-state index is 13.2. The molecule has 1 heterocycles. The second-order valence-corrected chi connectivity index (χ2v) is 6.85. The molecule has 0 fully saturated rings. The number of hydrogen-bond donors (Lipinski definition) is 1. The van der Waals surface area contributed by atoms with Crippen molar-refractivity contribution in [2.24, 2.45) is 0 Å². The summed E-state index contributed by atoms with van der Waals surface area (Å²) < 4.78 is 44.6. The molecule has 1 aliphatic heterocycles. The molecular weight excluding hydrogens is 451 g/mol. The number of imide groups is 1. The summed E-state index contributed by atoms with van der Waals surface area (Å²) in [5.41, 5.74) is -2.88. The van der Waals surface area contributed by atoms with Crippen LogP contribution in [0.4, 0.5) is 24.5 Å². The number of fused-ring (bicyclic) bond motifs is 1. The van der Waals surface area contributed by atoms with Gasteiger partial charge < -0.3 is 10.1 Å². The predicted molar refractivity (Wildman–Crippen MR) is 104 cm³/mol. The van der Waals surface area contributed by atoms with Crippen LogP contribution in [-0.4, -0.2) is 46.2 Å². The minimum absolute atomic E-state index is 0.0962. The fraction of sp³-hybridized carbons (Fsp3) is 0.200. The zero-order valence-corrected chi connectivity index (χ0v) is 16.7. The SMILES string of the molecule is CC(OC(=O)CN1C(=O)c2ccccc2C1=O)C(=O)Nc1ccc([N+](=O)[O-])cc1C(F)(F)F. The Morgan fingerprint density at radius 1 is 1.12 bits per heavy atom. The van der Waals surface area contributed by atoms with Gasteiger partial charge in [-0.25, -0.2) is 0 Å². The molecule has 2 aromatic carbocycles. The first kappa shape index (κ1) is 23.4. The van der Waals surface area contributed by atoms with Crippen molar-refractivity contribution in [1.29, 1.82) is 0 Å². The van der Waals surface area contributed by atoms with Gasteiger partial charge in [0.15, 0.2) is 6.10 Å². The molecule has 1 atom stereocenters. The molecule has 172 valence electrons. The van der Waals surface area contributed by atoms with E-state index in [0.29, 0.717) is 11.0 Å². The van der Waals surface area contributed by atoms with Crippen LogP contribution in [0, 0.1) is 10.1 Å². The molecule has 1 N–H and O–H groups in total. The minimum Gasteiger partial charge on any atom is -0.451 e. The molecule has 0 aliphatic carbocycles. The number of anilines is 1. The largest absolute Gasteiger partial charge is 0.451 e. The Bertz CT molecular complexity index is 1140. The van der Waals surface area contributed by atoms with Crippen LogP contribution in [0.3, 0.4) is 0 Å². The molecule has 3 rings (SSSR count). The third kappa shape index (κ3) is 4.81. The standard InChI is InChI=1S/C20H14F3N3O7/c1-10(17(28)24-15-7-6-11(26(31)32)8-14(15)20(21,22)23)33-16(27)9-25-18(29)12-4-2-3-5-13(12)19(25)30/h2-8,10H,9H2,1H3,(H,24,28). The average Bonchev–Trinajstić information content (AvgIpc) is 2.98. The third-order valence-electron chi connectivity index (χ3n) is 4.62. The number of nitro benzene ring substituents is 1. The van der Waals surface area contributed by atoms with E-state index in [2.05, 4.69) is 0 Å². The van der Waals surface area contributed by atoms with Gasteiger partial charge in [0.25, 0.3) is 23.4 Å². The second kappa shape index (κ2) is 8.68. The molecule has 1 unspecified atom stereocenters. The molecule has 0 saturated heterocycles. The number of hydrogen-bond acceptors (Lipinski definition) is 7. The fourth-order valence-corrected chi connectivity index (χ4v) is 3.02. The fourth-order valence-electron chi connectivity index (χ4n) is 3.02. The topological polar surface area (TPSA) is 136 Å². The zero-order chi connectivity index (χ0) is 24.5. The molecule has 2 aromatic rings. The molecule has 13 heteroatoms. The molecule has 10 nitrogen and oxygen atoms in total. The van der Waals surface area contributed by atoms with Gasteiger partial charge in [0.1, 0.15) is 6.54 Å². The Labute approximate surface area is 183 Å². The minimum atomic E-state index is -5.01. The Morgan fingerprint density at radius 2 is 1.70 bits per heavy atom. The Morgan fingerprint density at radius 3 is 2.21 bits per heavy atom. The predicted octanol–water partition coefficient (Wildman–Crippen LogP) is 2.78. The van der Waals surface area contributed by atoms with Crippen molar-refractivity contribution in [2.45, 2.75) is 19.2 Å². The molecular formula is C20H14F3N3O7. The first-order valence-electron chi connectivity index (χ1n) is 9.21. The normalized spacial score (nSPS) is 14.0. The smallest absolute Gasteiger partial charge is 0.418 e. The number of amides is 3. The Balaban J connectivity index is 1.67. The van der Waals surface area contributed by atoms with Gasteiger partial charge in [0, 0.05) is 12.1 Å². The summed E-state index contributed by atoms with van der Waals surface area (Å²) in [5.74, 6) is -3.77. The van der Waals surface area contributed by atoms with E-state index in [9.17, 15) is 42.5 Å². The molecule has 0 bridgehead atoms. The van der Waals surface area contributed by atoms with Crippen LogP contribution in [-0.2, 0) is 20.5 Å². The van der Waals surface area contributed by atoms with E-state index in [1.54, 1.807) is 0 Å². The van der Waals surface area contributed by atoms with Crippen LogP contribution < -0.4 is 5.32 Å². The monoisotopic (exact) mass is 465 g/mol. The number of nitro groups is 1. The molecule has 0 radical (unpaired) electrons. The summed E-state index contributed by atoms with van der Waals surface area (Å²) in [5, 5.41) is 12.7. The van der Waals surface area contributed by atoms with Gasteiger partial charge in [0.2, 0.25) is 0 Å². The number of esters is 1. The number of alkyl halides is 3. The molecule has 3 amide bonds. The molecule has 0 aromatic heterocycles. The van der Waals surface area contributed by atoms with Crippen LogP contribution >= 0.6 is 0 Å². The number of halogens is 3. The quantitative estimate of drug-likeness (QED) is 0.300. The number of non-ortho nitro benzene ring substituents is 1. The van der Waals surface area contributed by atoms with Gasteiger partial charge in [0.05, 0.1) is 27.3 Å².